The summed E-state index contributed by atoms with van der Waals surface area (Å²) in [6, 6.07) is 13.0. The summed E-state index contributed by atoms with van der Waals surface area (Å²) in [4.78, 5) is 19.6. The van der Waals surface area contributed by atoms with Gasteiger partial charge >= 0.3 is 0 Å². The molecule has 0 spiro atoms. The lowest BCUT2D eigenvalue weighted by Crippen LogP contribution is -2.07. The van der Waals surface area contributed by atoms with Crippen LogP contribution in [-0.4, -0.2) is 23.0 Å². The van der Waals surface area contributed by atoms with Gasteiger partial charge in [0, 0.05) is 18.3 Å². The van der Waals surface area contributed by atoms with Crippen molar-refractivity contribution in [1.29, 1.82) is 0 Å². The maximum atomic E-state index is 11.1. The topological polar surface area (TPSA) is 114 Å². The Morgan fingerprint density at radius 3 is 2.29 bits per heavy atom. The van der Waals surface area contributed by atoms with Gasteiger partial charge < -0.3 is 26.4 Å². The number of anilines is 6. The van der Waals surface area contributed by atoms with Crippen molar-refractivity contribution in [1.82, 2.24) is 9.97 Å². The summed E-state index contributed by atoms with van der Waals surface area (Å²) < 4.78 is 5.38. The number of nitrogens with zero attached hydrogens (tertiary/aromatic N) is 2. The molecule has 0 bridgehead atoms. The zero-order valence-corrected chi connectivity index (χ0v) is 15.9. The Balaban J connectivity index is 1.81. The Hall–Kier alpha value is -3.81. The van der Waals surface area contributed by atoms with E-state index in [-0.39, 0.29) is 5.91 Å². The first-order chi connectivity index (χ1) is 13.5. The molecule has 3 rings (SSSR count). The minimum Gasteiger partial charge on any atom is -0.495 e. The maximum absolute atomic E-state index is 11.1. The molecular formula is C20H22N6O2. The number of nitrogens with two attached hydrogens (primary N) is 1. The number of carbonyl (C=O) groups is 1. The van der Waals surface area contributed by atoms with E-state index in [4.69, 9.17) is 10.5 Å². The van der Waals surface area contributed by atoms with Gasteiger partial charge in [0.25, 0.3) is 0 Å². The average Bonchev–Trinajstić information content (AvgIpc) is 2.66. The van der Waals surface area contributed by atoms with Gasteiger partial charge in [-0.3, -0.25) is 4.79 Å². The average molecular weight is 378 g/mol. The second-order valence-electron chi connectivity index (χ2n) is 6.20. The Labute approximate surface area is 163 Å². The number of rotatable bonds is 6. The molecule has 0 radical (unpaired) electrons. The van der Waals surface area contributed by atoms with Crippen molar-refractivity contribution in [3.63, 3.8) is 0 Å². The summed E-state index contributed by atoms with van der Waals surface area (Å²) in [5, 5.41) is 9.08. The first kappa shape index (κ1) is 19.0. The number of aryl methyl sites for hydroxylation is 1. The molecule has 0 atom stereocenters. The number of hydrogen-bond acceptors (Lipinski definition) is 7. The molecule has 2 aromatic carbocycles. The van der Waals surface area contributed by atoms with E-state index in [9.17, 15) is 4.79 Å². The summed E-state index contributed by atoms with van der Waals surface area (Å²) in [5.74, 6) is 1.50. The Kier molecular flexibility index (Phi) is 5.59. The lowest BCUT2D eigenvalue weighted by Gasteiger charge is -2.15. The van der Waals surface area contributed by atoms with Crippen molar-refractivity contribution in [3.05, 3.63) is 54.4 Å². The highest BCUT2D eigenvalue weighted by atomic mass is 16.5. The number of amides is 1. The monoisotopic (exact) mass is 378 g/mol. The van der Waals surface area contributed by atoms with Crippen molar-refractivity contribution in [2.24, 2.45) is 0 Å². The van der Waals surface area contributed by atoms with Crippen LogP contribution in [0.3, 0.4) is 0 Å². The van der Waals surface area contributed by atoms with Crippen LogP contribution in [0.25, 0.3) is 0 Å². The molecule has 1 aromatic heterocycles. The summed E-state index contributed by atoms with van der Waals surface area (Å²) in [6.07, 6.45) is 1.43. The van der Waals surface area contributed by atoms with Crippen LogP contribution in [0.4, 0.5) is 34.4 Å². The van der Waals surface area contributed by atoms with E-state index in [2.05, 4.69) is 25.9 Å². The molecule has 28 heavy (non-hydrogen) atoms. The third-order valence-electron chi connectivity index (χ3n) is 3.96. The van der Waals surface area contributed by atoms with Crippen LogP contribution in [0.2, 0.25) is 0 Å². The SMILES string of the molecule is COc1ccc(C)cc1Nc1ncnc(Nc2ccc(NC(C)=O)cc2)c1N. The van der Waals surface area contributed by atoms with Crippen LogP contribution < -0.4 is 26.4 Å². The van der Waals surface area contributed by atoms with Gasteiger partial charge in [-0.25, -0.2) is 9.97 Å². The van der Waals surface area contributed by atoms with Crippen molar-refractivity contribution >= 4 is 40.3 Å². The van der Waals surface area contributed by atoms with Gasteiger partial charge in [-0.2, -0.15) is 0 Å². The third-order valence-corrected chi connectivity index (χ3v) is 3.96. The van der Waals surface area contributed by atoms with Gasteiger partial charge in [0.1, 0.15) is 17.8 Å². The predicted octanol–water partition coefficient (Wildman–Crippen LogP) is 3.82. The highest BCUT2D eigenvalue weighted by Gasteiger charge is 2.11. The fourth-order valence-corrected chi connectivity index (χ4v) is 2.62. The fourth-order valence-electron chi connectivity index (χ4n) is 2.62. The van der Waals surface area contributed by atoms with Crippen LogP contribution in [0.1, 0.15) is 12.5 Å². The van der Waals surface area contributed by atoms with Gasteiger partial charge in [0.2, 0.25) is 5.91 Å². The van der Waals surface area contributed by atoms with Crippen LogP contribution in [-0.2, 0) is 4.79 Å². The molecule has 0 aliphatic heterocycles. The summed E-state index contributed by atoms with van der Waals surface area (Å²) in [7, 11) is 1.61. The summed E-state index contributed by atoms with van der Waals surface area (Å²) >= 11 is 0. The molecule has 8 nitrogen and oxygen atoms in total. The quantitative estimate of drug-likeness (QED) is 0.515. The van der Waals surface area contributed by atoms with Gasteiger partial charge in [-0.05, 0) is 48.9 Å². The van der Waals surface area contributed by atoms with E-state index < -0.39 is 0 Å². The maximum Gasteiger partial charge on any atom is 0.221 e. The summed E-state index contributed by atoms with van der Waals surface area (Å²) in [5.41, 5.74) is 9.96. The van der Waals surface area contributed by atoms with E-state index in [1.165, 1.54) is 13.3 Å². The largest absolute Gasteiger partial charge is 0.495 e. The molecule has 5 N–H and O–H groups in total. The van der Waals surface area contributed by atoms with E-state index in [1.807, 2.05) is 37.3 Å². The Bertz CT molecular complexity index is 988. The normalized spacial score (nSPS) is 10.2. The van der Waals surface area contributed by atoms with E-state index >= 15 is 0 Å². The number of nitrogen functional groups attached to an aromatic ring is 1. The smallest absolute Gasteiger partial charge is 0.221 e. The molecule has 0 fully saturated rings. The van der Waals surface area contributed by atoms with Crippen molar-refractivity contribution < 1.29 is 9.53 Å². The Morgan fingerprint density at radius 1 is 1.00 bits per heavy atom. The lowest BCUT2D eigenvalue weighted by molar-refractivity contribution is -0.114. The molecule has 0 aliphatic carbocycles. The first-order valence-electron chi connectivity index (χ1n) is 8.63. The zero-order chi connectivity index (χ0) is 20.1. The Morgan fingerprint density at radius 2 is 1.64 bits per heavy atom. The number of aromatic nitrogens is 2. The van der Waals surface area contributed by atoms with E-state index in [0.717, 1.165) is 16.9 Å². The third kappa shape index (κ3) is 4.47. The fraction of sp³-hybridized carbons (Fsp3) is 0.150. The molecule has 1 heterocycles. The standard InChI is InChI=1S/C20H22N6O2/c1-12-4-9-17(28-3)16(10-12)26-20-18(21)19(22-11-23-20)25-15-7-5-14(6-8-15)24-13(2)27/h4-11H,21H2,1-3H3,(H,24,27)(H2,22,23,25,26). The number of ether oxygens (including phenoxy) is 1. The molecule has 144 valence electrons. The molecular weight excluding hydrogens is 356 g/mol. The van der Waals surface area contributed by atoms with Crippen molar-refractivity contribution in [2.75, 3.05) is 28.8 Å². The second kappa shape index (κ2) is 8.26. The van der Waals surface area contributed by atoms with E-state index in [1.54, 1.807) is 19.2 Å². The van der Waals surface area contributed by atoms with Crippen LogP contribution in [0, 0.1) is 6.92 Å². The number of hydrogen-bond donors (Lipinski definition) is 4. The minimum atomic E-state index is -0.122. The van der Waals surface area contributed by atoms with E-state index in [0.29, 0.717) is 28.8 Å². The van der Waals surface area contributed by atoms with Crippen molar-refractivity contribution in [3.8, 4) is 5.75 Å². The number of carbonyl (C=O) groups excluding carboxylic acids is 1. The highest BCUT2D eigenvalue weighted by molar-refractivity contribution is 5.89. The number of benzene rings is 2. The van der Waals surface area contributed by atoms with Crippen LogP contribution in [0.15, 0.2) is 48.8 Å². The molecule has 1 amide bonds. The van der Waals surface area contributed by atoms with Gasteiger partial charge in [0.05, 0.1) is 12.8 Å². The second-order valence-corrected chi connectivity index (χ2v) is 6.20. The number of nitrogens with one attached hydrogen (secondary N) is 3. The van der Waals surface area contributed by atoms with Crippen molar-refractivity contribution in [2.45, 2.75) is 13.8 Å². The predicted molar refractivity (Wildman–Crippen MR) is 111 cm³/mol. The van der Waals surface area contributed by atoms with Gasteiger partial charge in [-0.1, -0.05) is 6.07 Å². The first-order valence-corrected chi connectivity index (χ1v) is 8.63. The lowest BCUT2D eigenvalue weighted by atomic mass is 10.2. The molecule has 0 saturated carbocycles. The minimum absolute atomic E-state index is 0.122. The molecule has 0 unspecified atom stereocenters. The highest BCUT2D eigenvalue weighted by Crippen LogP contribution is 2.32. The molecule has 0 saturated heterocycles. The van der Waals surface area contributed by atoms with Crippen LogP contribution >= 0.6 is 0 Å². The molecule has 3 aromatic rings. The zero-order valence-electron chi connectivity index (χ0n) is 15.9. The van der Waals surface area contributed by atoms with Crippen LogP contribution in [0.5, 0.6) is 5.75 Å². The van der Waals surface area contributed by atoms with Gasteiger partial charge in [0.15, 0.2) is 11.6 Å². The molecule has 0 aliphatic rings. The molecule has 8 heteroatoms. The number of methoxy groups -OCH3 is 1. The van der Waals surface area contributed by atoms with Gasteiger partial charge in [-0.15, -0.1) is 0 Å². The summed E-state index contributed by atoms with van der Waals surface area (Å²) in [6.45, 7) is 3.46.